The molecule has 1 atom stereocenters. The van der Waals surface area contributed by atoms with Crippen LogP contribution in [-0.2, 0) is 11.2 Å². The van der Waals surface area contributed by atoms with Crippen molar-refractivity contribution >= 4 is 11.6 Å². The smallest absolute Gasteiger partial charge is 0.228 e. The zero-order chi connectivity index (χ0) is 10.8. The van der Waals surface area contributed by atoms with Crippen LogP contribution in [0.15, 0.2) is 18.2 Å². The van der Waals surface area contributed by atoms with Crippen LogP contribution in [0.2, 0.25) is 0 Å². The fourth-order valence-corrected chi connectivity index (χ4v) is 1.85. The molecule has 1 unspecified atom stereocenters. The van der Waals surface area contributed by atoms with Crippen molar-refractivity contribution < 1.29 is 4.79 Å². The lowest BCUT2D eigenvalue weighted by molar-refractivity contribution is -0.120. The fraction of sp³-hybridized carbons (Fsp3) is 0.333. The quantitative estimate of drug-likeness (QED) is 0.754. The van der Waals surface area contributed by atoms with Crippen LogP contribution >= 0.6 is 0 Å². The summed E-state index contributed by atoms with van der Waals surface area (Å²) in [4.78, 5) is 11.6. The monoisotopic (exact) mass is 200 g/mol. The fourth-order valence-electron chi connectivity index (χ4n) is 1.85. The lowest BCUT2D eigenvalue weighted by Gasteiger charge is -2.23. The van der Waals surface area contributed by atoms with E-state index in [-0.39, 0.29) is 11.8 Å². The van der Waals surface area contributed by atoms with E-state index in [4.69, 9.17) is 5.26 Å². The molecule has 1 aliphatic heterocycles. The van der Waals surface area contributed by atoms with E-state index in [0.717, 1.165) is 16.8 Å². The molecule has 2 rings (SSSR count). The number of benzene rings is 1. The molecule has 1 N–H and O–H groups in total. The van der Waals surface area contributed by atoms with E-state index in [0.29, 0.717) is 12.8 Å². The van der Waals surface area contributed by atoms with Gasteiger partial charge >= 0.3 is 0 Å². The number of anilines is 1. The Labute approximate surface area is 88.7 Å². The molecule has 0 saturated carbocycles. The number of hydrogen-bond acceptors (Lipinski definition) is 2. The van der Waals surface area contributed by atoms with Gasteiger partial charge in [0.25, 0.3) is 0 Å². The molecule has 76 valence electrons. The third kappa shape index (κ3) is 1.84. The molecule has 0 radical (unpaired) electrons. The van der Waals surface area contributed by atoms with E-state index >= 15 is 0 Å². The summed E-state index contributed by atoms with van der Waals surface area (Å²) >= 11 is 0. The third-order valence-electron chi connectivity index (χ3n) is 2.70. The summed E-state index contributed by atoms with van der Waals surface area (Å²) in [7, 11) is 0. The number of nitriles is 1. The van der Waals surface area contributed by atoms with Gasteiger partial charge in [-0.15, -0.1) is 0 Å². The first kappa shape index (κ1) is 9.72. The Kier molecular flexibility index (Phi) is 2.42. The Bertz CT molecular complexity index is 445. The van der Waals surface area contributed by atoms with Crippen LogP contribution in [0.25, 0.3) is 0 Å². The molecule has 1 heterocycles. The molecule has 0 aliphatic carbocycles. The highest BCUT2D eigenvalue weighted by Gasteiger charge is 2.25. The molecule has 1 aliphatic rings. The van der Waals surface area contributed by atoms with Gasteiger partial charge in [0.05, 0.1) is 12.0 Å². The van der Waals surface area contributed by atoms with E-state index in [1.807, 2.05) is 31.2 Å². The molecule has 15 heavy (non-hydrogen) atoms. The van der Waals surface area contributed by atoms with E-state index in [2.05, 4.69) is 5.32 Å². The van der Waals surface area contributed by atoms with E-state index in [9.17, 15) is 4.79 Å². The molecule has 3 nitrogen and oxygen atoms in total. The molecular weight excluding hydrogens is 188 g/mol. The first-order valence-corrected chi connectivity index (χ1v) is 4.98. The van der Waals surface area contributed by atoms with E-state index < -0.39 is 0 Å². The number of fused-ring (bicyclic) bond motifs is 1. The topological polar surface area (TPSA) is 52.9 Å². The van der Waals surface area contributed by atoms with Crippen LogP contribution in [0.1, 0.15) is 17.5 Å². The summed E-state index contributed by atoms with van der Waals surface area (Å²) < 4.78 is 0. The van der Waals surface area contributed by atoms with Crippen molar-refractivity contribution in [3.05, 3.63) is 29.3 Å². The molecule has 1 aromatic rings. The number of aryl methyl sites for hydroxylation is 1. The van der Waals surface area contributed by atoms with Crippen molar-refractivity contribution in [1.29, 1.82) is 5.26 Å². The maximum Gasteiger partial charge on any atom is 0.228 e. The highest BCUT2D eigenvalue weighted by Crippen LogP contribution is 2.27. The van der Waals surface area contributed by atoms with Gasteiger partial charge in [0.2, 0.25) is 5.91 Å². The number of amides is 1. The summed E-state index contributed by atoms with van der Waals surface area (Å²) in [6.07, 6.45) is 0.966. The van der Waals surface area contributed by atoms with Gasteiger partial charge in [0, 0.05) is 12.1 Å². The van der Waals surface area contributed by atoms with Crippen LogP contribution in [-0.4, -0.2) is 5.91 Å². The van der Waals surface area contributed by atoms with Crippen molar-refractivity contribution in [3.63, 3.8) is 0 Å². The van der Waals surface area contributed by atoms with Crippen LogP contribution in [0, 0.1) is 24.2 Å². The minimum absolute atomic E-state index is 0.0327. The SMILES string of the molecule is Cc1ccc2c(c1)NC(=O)C(CC#N)C2. The maximum absolute atomic E-state index is 11.6. The molecule has 1 aromatic carbocycles. The van der Waals surface area contributed by atoms with Gasteiger partial charge < -0.3 is 5.32 Å². The molecular formula is C12H12N2O. The van der Waals surface area contributed by atoms with Gasteiger partial charge in [-0.2, -0.15) is 5.26 Å². The molecule has 0 saturated heterocycles. The molecule has 0 spiro atoms. The lowest BCUT2D eigenvalue weighted by atomic mass is 9.90. The Morgan fingerprint density at radius 1 is 1.60 bits per heavy atom. The normalized spacial score (nSPS) is 18.9. The van der Waals surface area contributed by atoms with Crippen molar-refractivity contribution in [2.24, 2.45) is 5.92 Å². The minimum atomic E-state index is -0.190. The number of hydrogen-bond donors (Lipinski definition) is 1. The van der Waals surface area contributed by atoms with Crippen LogP contribution in [0.5, 0.6) is 0 Å². The Morgan fingerprint density at radius 3 is 3.13 bits per heavy atom. The van der Waals surface area contributed by atoms with Gasteiger partial charge in [0.15, 0.2) is 0 Å². The Balaban J connectivity index is 2.30. The van der Waals surface area contributed by atoms with Gasteiger partial charge in [-0.3, -0.25) is 4.79 Å². The van der Waals surface area contributed by atoms with E-state index in [1.165, 1.54) is 0 Å². The Hall–Kier alpha value is -1.82. The molecule has 1 amide bonds. The Morgan fingerprint density at radius 2 is 2.40 bits per heavy atom. The van der Waals surface area contributed by atoms with E-state index in [1.54, 1.807) is 0 Å². The number of carbonyl (C=O) groups is 1. The predicted octanol–water partition coefficient (Wildman–Crippen LogP) is 2.02. The highest BCUT2D eigenvalue weighted by molar-refractivity contribution is 5.95. The summed E-state index contributed by atoms with van der Waals surface area (Å²) in [6, 6.07) is 8.07. The second kappa shape index (κ2) is 3.74. The summed E-state index contributed by atoms with van der Waals surface area (Å²) in [5.74, 6) is -0.222. The summed E-state index contributed by atoms with van der Waals surface area (Å²) in [5.41, 5.74) is 3.16. The van der Waals surface area contributed by atoms with Crippen molar-refractivity contribution in [1.82, 2.24) is 0 Å². The average Bonchev–Trinajstić information content (AvgIpc) is 2.20. The van der Waals surface area contributed by atoms with Gasteiger partial charge in [-0.05, 0) is 30.5 Å². The molecule has 0 bridgehead atoms. The third-order valence-corrected chi connectivity index (χ3v) is 2.70. The second-order valence-electron chi connectivity index (χ2n) is 3.91. The maximum atomic E-state index is 11.6. The number of nitrogens with zero attached hydrogens (tertiary/aromatic N) is 1. The van der Waals surface area contributed by atoms with Crippen molar-refractivity contribution in [2.45, 2.75) is 19.8 Å². The first-order valence-electron chi connectivity index (χ1n) is 4.98. The zero-order valence-electron chi connectivity index (χ0n) is 8.58. The lowest BCUT2D eigenvalue weighted by Crippen LogP contribution is -2.29. The number of rotatable bonds is 1. The minimum Gasteiger partial charge on any atom is -0.326 e. The van der Waals surface area contributed by atoms with Crippen molar-refractivity contribution in [2.75, 3.05) is 5.32 Å². The summed E-state index contributed by atoms with van der Waals surface area (Å²) in [5, 5.41) is 11.4. The molecule has 0 aromatic heterocycles. The second-order valence-corrected chi connectivity index (χ2v) is 3.91. The predicted molar refractivity (Wildman–Crippen MR) is 57.2 cm³/mol. The number of carbonyl (C=O) groups excluding carboxylic acids is 1. The first-order chi connectivity index (χ1) is 7.20. The standard InChI is InChI=1S/C12H12N2O/c1-8-2-3-9-7-10(4-5-13)12(15)14-11(9)6-8/h2-3,6,10H,4,7H2,1H3,(H,14,15). The number of nitrogens with one attached hydrogen (secondary N) is 1. The molecule has 3 heteroatoms. The van der Waals surface area contributed by atoms with Crippen molar-refractivity contribution in [3.8, 4) is 6.07 Å². The molecule has 0 fully saturated rings. The van der Waals surface area contributed by atoms with Crippen LogP contribution < -0.4 is 5.32 Å². The summed E-state index contributed by atoms with van der Waals surface area (Å²) in [6.45, 7) is 1.99. The van der Waals surface area contributed by atoms with Gasteiger partial charge in [0.1, 0.15) is 0 Å². The van der Waals surface area contributed by atoms with Gasteiger partial charge in [-0.1, -0.05) is 12.1 Å². The average molecular weight is 200 g/mol. The van der Waals surface area contributed by atoms with Crippen LogP contribution in [0.3, 0.4) is 0 Å². The largest absolute Gasteiger partial charge is 0.326 e. The highest BCUT2D eigenvalue weighted by atomic mass is 16.1. The zero-order valence-corrected chi connectivity index (χ0v) is 8.58. The van der Waals surface area contributed by atoms with Crippen LogP contribution in [0.4, 0.5) is 5.69 Å². The van der Waals surface area contributed by atoms with Gasteiger partial charge in [-0.25, -0.2) is 0 Å².